The third-order valence-electron chi connectivity index (χ3n) is 9.94. The molecule has 3 aromatic carbocycles. The highest BCUT2D eigenvalue weighted by atomic mass is 19.1. The van der Waals surface area contributed by atoms with E-state index < -0.39 is 17.8 Å². The Labute approximate surface area is 263 Å². The average molecular weight is 607 g/mol. The van der Waals surface area contributed by atoms with Crippen molar-refractivity contribution in [2.45, 2.75) is 63.6 Å². The molecule has 3 heterocycles. The zero-order chi connectivity index (χ0) is 30.9. The number of fused-ring (bicyclic) bond motifs is 2. The van der Waals surface area contributed by atoms with Gasteiger partial charge in [0.2, 0.25) is 5.91 Å². The van der Waals surface area contributed by atoms with Crippen molar-refractivity contribution < 1.29 is 18.7 Å². The summed E-state index contributed by atoms with van der Waals surface area (Å²) in [5.74, 6) is -1.37. The standard InChI is InChI=1S/C37H39FN4O3/c1-23-5-2-8-31(38)34(23)37(44)42-33-9-3-6-26(33)21-30(36(43)41-29-15-10-24-7-4-18-39-32(24)22-29)35(42)25-11-13-27(14-12-25)40-28-16-19-45-20-17-28/h2,4-5,7-8,10-15,18,22,26,28,30,33,35,40H,3,6,9,16-17,19-21H2,1H3,(H,41,43)/t26-,30+,33?,35+/m1/s1. The molecule has 7 rings (SSSR count). The van der Waals surface area contributed by atoms with Gasteiger partial charge in [0.15, 0.2) is 0 Å². The fourth-order valence-corrected chi connectivity index (χ4v) is 7.70. The van der Waals surface area contributed by atoms with E-state index in [2.05, 4.69) is 15.6 Å². The van der Waals surface area contributed by atoms with E-state index >= 15 is 4.39 Å². The Bertz CT molecular complexity index is 1680. The number of nitrogens with zero attached hydrogens (tertiary/aromatic N) is 2. The van der Waals surface area contributed by atoms with E-state index in [0.717, 1.165) is 67.5 Å². The molecule has 3 fully saturated rings. The molecular formula is C37H39FN4O3. The minimum Gasteiger partial charge on any atom is -0.382 e. The molecule has 2 N–H and O–H groups in total. The number of amides is 2. The number of aromatic nitrogens is 1. The van der Waals surface area contributed by atoms with E-state index in [1.807, 2.05) is 59.5 Å². The quantitative estimate of drug-likeness (QED) is 0.241. The van der Waals surface area contributed by atoms with Gasteiger partial charge in [0.1, 0.15) is 5.82 Å². The van der Waals surface area contributed by atoms with E-state index in [4.69, 9.17) is 4.74 Å². The first-order valence-corrected chi connectivity index (χ1v) is 16.1. The molecule has 0 bridgehead atoms. The highest BCUT2D eigenvalue weighted by Gasteiger charge is 2.50. The number of hydrogen-bond donors (Lipinski definition) is 2. The number of likely N-dealkylation sites (tertiary alicyclic amines) is 1. The first kappa shape index (κ1) is 29.4. The number of nitrogens with one attached hydrogen (secondary N) is 2. The van der Waals surface area contributed by atoms with Crippen molar-refractivity contribution in [3.8, 4) is 0 Å². The monoisotopic (exact) mass is 606 g/mol. The molecule has 4 atom stereocenters. The Morgan fingerprint density at radius 3 is 2.53 bits per heavy atom. The smallest absolute Gasteiger partial charge is 0.257 e. The Morgan fingerprint density at radius 2 is 1.73 bits per heavy atom. The average Bonchev–Trinajstić information content (AvgIpc) is 3.53. The predicted octanol–water partition coefficient (Wildman–Crippen LogP) is 7.28. The van der Waals surface area contributed by atoms with Gasteiger partial charge in [-0.15, -0.1) is 0 Å². The molecule has 0 radical (unpaired) electrons. The third-order valence-corrected chi connectivity index (χ3v) is 9.94. The molecule has 1 saturated carbocycles. The maximum absolute atomic E-state index is 15.3. The van der Waals surface area contributed by atoms with Crippen LogP contribution >= 0.6 is 0 Å². The predicted molar refractivity (Wildman–Crippen MR) is 174 cm³/mol. The molecule has 1 unspecified atom stereocenters. The van der Waals surface area contributed by atoms with Gasteiger partial charge in [-0.3, -0.25) is 14.6 Å². The zero-order valence-corrected chi connectivity index (χ0v) is 25.5. The molecule has 0 spiro atoms. The van der Waals surface area contributed by atoms with E-state index in [1.54, 1.807) is 25.3 Å². The van der Waals surface area contributed by atoms with Crippen molar-refractivity contribution in [3.63, 3.8) is 0 Å². The molecular weight excluding hydrogens is 567 g/mol. The Hall–Kier alpha value is -4.30. The molecule has 1 aromatic heterocycles. The largest absolute Gasteiger partial charge is 0.382 e. The van der Waals surface area contributed by atoms with Gasteiger partial charge in [0, 0.05) is 48.3 Å². The Morgan fingerprint density at radius 1 is 0.933 bits per heavy atom. The van der Waals surface area contributed by atoms with E-state index in [-0.39, 0.29) is 29.3 Å². The number of rotatable bonds is 6. The van der Waals surface area contributed by atoms with Crippen LogP contribution in [0.25, 0.3) is 10.9 Å². The number of pyridine rings is 1. The second kappa shape index (κ2) is 12.6. The number of benzene rings is 3. The van der Waals surface area contributed by atoms with Crippen molar-refractivity contribution in [2.75, 3.05) is 23.8 Å². The second-order valence-electron chi connectivity index (χ2n) is 12.7. The van der Waals surface area contributed by atoms with Gasteiger partial charge >= 0.3 is 0 Å². The van der Waals surface area contributed by atoms with E-state index in [1.165, 1.54) is 6.07 Å². The van der Waals surface area contributed by atoms with Crippen LogP contribution in [0.2, 0.25) is 0 Å². The number of aryl methyl sites for hydroxylation is 1. The lowest BCUT2D eigenvalue weighted by molar-refractivity contribution is -0.125. The molecule has 45 heavy (non-hydrogen) atoms. The lowest BCUT2D eigenvalue weighted by Crippen LogP contribution is -2.54. The maximum Gasteiger partial charge on any atom is 0.257 e. The van der Waals surface area contributed by atoms with Gasteiger partial charge in [-0.05, 0) is 92.5 Å². The summed E-state index contributed by atoms with van der Waals surface area (Å²) in [6.45, 7) is 3.27. The maximum atomic E-state index is 15.3. The summed E-state index contributed by atoms with van der Waals surface area (Å²) in [5, 5.41) is 7.76. The number of ether oxygens (including phenoxy) is 1. The zero-order valence-electron chi connectivity index (χ0n) is 25.5. The Balaban J connectivity index is 1.26. The molecule has 8 heteroatoms. The van der Waals surface area contributed by atoms with Crippen molar-refractivity contribution >= 4 is 34.1 Å². The number of piperidine rings is 1. The first-order chi connectivity index (χ1) is 22.0. The summed E-state index contributed by atoms with van der Waals surface area (Å²) in [4.78, 5) is 35.1. The molecule has 7 nitrogen and oxygen atoms in total. The van der Waals surface area contributed by atoms with Crippen LogP contribution in [0.1, 0.15) is 66.1 Å². The van der Waals surface area contributed by atoms with Gasteiger partial charge in [-0.1, -0.05) is 42.8 Å². The highest BCUT2D eigenvalue weighted by Crippen LogP contribution is 2.49. The molecule has 4 aromatic rings. The SMILES string of the molecule is Cc1cccc(F)c1C(=O)N1C2CCC[C@@H]2C[C@H](C(=O)Nc2ccc3cccnc3c2)[C@@H]1c1ccc(NC2CCOCC2)cc1. The third kappa shape index (κ3) is 5.91. The number of hydrogen-bond acceptors (Lipinski definition) is 5. The minimum atomic E-state index is -0.549. The van der Waals surface area contributed by atoms with E-state index in [9.17, 15) is 9.59 Å². The Kier molecular flexibility index (Phi) is 8.23. The fraction of sp³-hybridized carbons (Fsp3) is 0.378. The fourth-order valence-electron chi connectivity index (χ4n) is 7.70. The van der Waals surface area contributed by atoms with Crippen molar-refractivity contribution in [2.24, 2.45) is 11.8 Å². The van der Waals surface area contributed by atoms with Gasteiger partial charge in [0.05, 0.1) is 23.0 Å². The van der Waals surface area contributed by atoms with Gasteiger partial charge in [0.25, 0.3) is 5.91 Å². The van der Waals surface area contributed by atoms with Crippen LogP contribution in [0.5, 0.6) is 0 Å². The molecule has 1 aliphatic carbocycles. The lowest BCUT2D eigenvalue weighted by Gasteiger charge is -2.48. The summed E-state index contributed by atoms with van der Waals surface area (Å²) in [6, 6.07) is 22.2. The van der Waals surface area contributed by atoms with Crippen LogP contribution in [0, 0.1) is 24.6 Å². The normalized spacial score (nSPS) is 23.5. The first-order valence-electron chi connectivity index (χ1n) is 16.1. The van der Waals surface area contributed by atoms with Crippen LogP contribution in [0.15, 0.2) is 79.0 Å². The van der Waals surface area contributed by atoms with Crippen molar-refractivity contribution in [3.05, 3.63) is 102 Å². The molecule has 2 saturated heterocycles. The molecule has 2 aliphatic heterocycles. The molecule has 3 aliphatic rings. The van der Waals surface area contributed by atoms with Crippen molar-refractivity contribution in [1.29, 1.82) is 0 Å². The summed E-state index contributed by atoms with van der Waals surface area (Å²) < 4.78 is 20.8. The van der Waals surface area contributed by atoms with Crippen LogP contribution in [-0.2, 0) is 9.53 Å². The van der Waals surface area contributed by atoms with Gasteiger partial charge in [-0.2, -0.15) is 0 Å². The van der Waals surface area contributed by atoms with Crippen molar-refractivity contribution in [1.82, 2.24) is 9.88 Å². The molecule has 2 amide bonds. The van der Waals surface area contributed by atoms with Crippen LogP contribution in [-0.4, -0.2) is 47.0 Å². The number of carbonyl (C=O) groups excluding carboxylic acids is 2. The van der Waals surface area contributed by atoms with Gasteiger partial charge < -0.3 is 20.3 Å². The summed E-state index contributed by atoms with van der Waals surface area (Å²) in [6.07, 6.45) is 7.05. The van der Waals surface area contributed by atoms with Crippen LogP contribution in [0.3, 0.4) is 0 Å². The van der Waals surface area contributed by atoms with Crippen LogP contribution in [0.4, 0.5) is 15.8 Å². The second-order valence-corrected chi connectivity index (χ2v) is 12.7. The summed E-state index contributed by atoms with van der Waals surface area (Å²) in [7, 11) is 0. The number of halogens is 1. The number of carbonyl (C=O) groups is 2. The number of anilines is 2. The topological polar surface area (TPSA) is 83.6 Å². The minimum absolute atomic E-state index is 0.0598. The van der Waals surface area contributed by atoms with Gasteiger partial charge in [-0.25, -0.2) is 4.39 Å². The summed E-state index contributed by atoms with van der Waals surface area (Å²) >= 11 is 0. The summed E-state index contributed by atoms with van der Waals surface area (Å²) in [5.41, 5.74) is 4.02. The van der Waals surface area contributed by atoms with Crippen LogP contribution < -0.4 is 10.6 Å². The highest BCUT2D eigenvalue weighted by molar-refractivity contribution is 5.99. The van der Waals surface area contributed by atoms with E-state index in [0.29, 0.717) is 23.7 Å². The molecule has 232 valence electrons. The lowest BCUT2D eigenvalue weighted by atomic mass is 9.76.